The lowest BCUT2D eigenvalue weighted by Gasteiger charge is -2.37. The van der Waals surface area contributed by atoms with Crippen LogP contribution in [0.15, 0.2) is 24.3 Å². The van der Waals surface area contributed by atoms with Crippen molar-refractivity contribution in [3.8, 4) is 0 Å². The summed E-state index contributed by atoms with van der Waals surface area (Å²) >= 11 is 1.85. The lowest BCUT2D eigenvalue weighted by atomic mass is 9.97. The molecule has 2 aromatic heterocycles. The van der Waals surface area contributed by atoms with E-state index in [1.54, 1.807) is 12.1 Å². The number of nitro groups is 1. The molecule has 0 unspecified atom stereocenters. The van der Waals surface area contributed by atoms with Crippen LogP contribution in [-0.4, -0.2) is 41.1 Å². The summed E-state index contributed by atoms with van der Waals surface area (Å²) in [5, 5.41) is 12.2. The number of aromatic nitrogens is 2. The van der Waals surface area contributed by atoms with Gasteiger partial charge in [0.1, 0.15) is 16.5 Å². The zero-order valence-electron chi connectivity index (χ0n) is 16.4. The van der Waals surface area contributed by atoms with E-state index in [0.29, 0.717) is 0 Å². The molecule has 0 spiro atoms. The number of non-ortho nitro benzene ring substituents is 1. The SMILES string of the molecule is Cc1nc(N2CCN(c3ccc([N+](=O)[O-])cc3)CC2)c2c3c(sc2n1)CCCC3. The van der Waals surface area contributed by atoms with Crippen LogP contribution in [-0.2, 0) is 12.8 Å². The number of nitro benzene ring substituents is 1. The average molecular weight is 410 g/mol. The van der Waals surface area contributed by atoms with Gasteiger partial charge >= 0.3 is 0 Å². The molecule has 1 aromatic carbocycles. The number of piperazine rings is 1. The fourth-order valence-electron chi connectivity index (χ4n) is 4.43. The van der Waals surface area contributed by atoms with Gasteiger partial charge < -0.3 is 9.80 Å². The molecule has 1 aliphatic heterocycles. The van der Waals surface area contributed by atoms with Gasteiger partial charge in [-0.25, -0.2) is 9.97 Å². The lowest BCUT2D eigenvalue weighted by molar-refractivity contribution is -0.384. The maximum Gasteiger partial charge on any atom is 0.269 e. The first-order valence-corrected chi connectivity index (χ1v) is 10.9. The Labute approximate surface area is 173 Å². The maximum absolute atomic E-state index is 10.9. The third kappa shape index (κ3) is 3.31. The Bertz CT molecular complexity index is 1070. The number of anilines is 2. The molecule has 3 aromatic rings. The molecule has 0 N–H and O–H groups in total. The lowest BCUT2D eigenvalue weighted by Crippen LogP contribution is -2.47. The second-order valence-electron chi connectivity index (χ2n) is 7.73. The Balaban J connectivity index is 1.40. The van der Waals surface area contributed by atoms with Crippen LogP contribution < -0.4 is 9.80 Å². The molecule has 0 bridgehead atoms. The first kappa shape index (κ1) is 18.3. The van der Waals surface area contributed by atoms with Crippen molar-refractivity contribution in [2.45, 2.75) is 32.6 Å². The van der Waals surface area contributed by atoms with Gasteiger partial charge in [0.2, 0.25) is 0 Å². The first-order chi connectivity index (χ1) is 14.1. The molecule has 7 nitrogen and oxygen atoms in total. The topological polar surface area (TPSA) is 75.4 Å². The molecule has 5 rings (SSSR count). The zero-order chi connectivity index (χ0) is 20.0. The Morgan fingerprint density at radius 3 is 2.41 bits per heavy atom. The number of rotatable bonds is 3. The molecule has 0 amide bonds. The second kappa shape index (κ2) is 7.26. The molecule has 0 saturated carbocycles. The Kier molecular flexibility index (Phi) is 4.58. The number of benzene rings is 1. The summed E-state index contributed by atoms with van der Waals surface area (Å²) < 4.78 is 0. The molecular formula is C21H23N5O2S. The molecular weight excluding hydrogens is 386 g/mol. The monoisotopic (exact) mass is 409 g/mol. The maximum atomic E-state index is 10.9. The van der Waals surface area contributed by atoms with Gasteiger partial charge in [0.05, 0.1) is 10.3 Å². The highest BCUT2D eigenvalue weighted by Crippen LogP contribution is 2.40. The summed E-state index contributed by atoms with van der Waals surface area (Å²) in [5.41, 5.74) is 2.64. The van der Waals surface area contributed by atoms with Gasteiger partial charge in [-0.05, 0) is 50.3 Å². The molecule has 2 aliphatic rings. The van der Waals surface area contributed by atoms with Crippen molar-refractivity contribution in [3.05, 3.63) is 50.6 Å². The minimum atomic E-state index is -0.355. The van der Waals surface area contributed by atoms with Crippen LogP contribution in [0, 0.1) is 17.0 Å². The van der Waals surface area contributed by atoms with Crippen molar-refractivity contribution in [2.24, 2.45) is 0 Å². The van der Waals surface area contributed by atoms with Gasteiger partial charge in [0, 0.05) is 48.9 Å². The van der Waals surface area contributed by atoms with Gasteiger partial charge in [0.15, 0.2) is 0 Å². The average Bonchev–Trinajstić information content (AvgIpc) is 3.11. The van der Waals surface area contributed by atoms with Crippen LogP contribution in [0.3, 0.4) is 0 Å². The van der Waals surface area contributed by atoms with Crippen molar-refractivity contribution < 1.29 is 4.92 Å². The minimum Gasteiger partial charge on any atom is -0.368 e. The highest BCUT2D eigenvalue weighted by atomic mass is 32.1. The Morgan fingerprint density at radius 2 is 1.69 bits per heavy atom. The van der Waals surface area contributed by atoms with Crippen molar-refractivity contribution in [1.29, 1.82) is 0 Å². The van der Waals surface area contributed by atoms with Gasteiger partial charge in [-0.1, -0.05) is 0 Å². The predicted molar refractivity (Wildman–Crippen MR) is 116 cm³/mol. The van der Waals surface area contributed by atoms with Crippen LogP contribution in [0.1, 0.15) is 29.1 Å². The van der Waals surface area contributed by atoms with E-state index in [2.05, 4.69) is 9.80 Å². The molecule has 0 radical (unpaired) electrons. The third-order valence-electron chi connectivity index (χ3n) is 5.91. The van der Waals surface area contributed by atoms with Crippen LogP contribution in [0.5, 0.6) is 0 Å². The van der Waals surface area contributed by atoms with Crippen molar-refractivity contribution >= 4 is 38.7 Å². The van der Waals surface area contributed by atoms with E-state index >= 15 is 0 Å². The zero-order valence-corrected chi connectivity index (χ0v) is 17.2. The molecule has 0 atom stereocenters. The summed E-state index contributed by atoms with van der Waals surface area (Å²) in [5.74, 6) is 1.93. The second-order valence-corrected chi connectivity index (χ2v) is 8.82. The predicted octanol–water partition coefficient (Wildman–Crippen LogP) is 4.11. The number of hydrogen-bond acceptors (Lipinski definition) is 7. The van der Waals surface area contributed by atoms with Crippen LogP contribution in [0.4, 0.5) is 17.2 Å². The number of thiophene rings is 1. The van der Waals surface area contributed by atoms with Crippen molar-refractivity contribution in [3.63, 3.8) is 0 Å². The van der Waals surface area contributed by atoms with E-state index in [9.17, 15) is 10.1 Å². The molecule has 150 valence electrons. The standard InChI is InChI=1S/C21H23N5O2S/c1-14-22-20(19-17-4-2-3-5-18(17)29-21(19)23-14)25-12-10-24(11-13-25)15-6-8-16(9-7-15)26(27)28/h6-9H,2-5,10-13H2,1H3. The fraction of sp³-hybridized carbons (Fsp3) is 0.429. The van der Waals surface area contributed by atoms with E-state index in [1.165, 1.54) is 35.1 Å². The van der Waals surface area contributed by atoms with Gasteiger partial charge in [-0.15, -0.1) is 11.3 Å². The number of hydrogen-bond donors (Lipinski definition) is 0. The quantitative estimate of drug-likeness (QED) is 0.479. The van der Waals surface area contributed by atoms with Gasteiger partial charge in [0.25, 0.3) is 5.69 Å². The number of fused-ring (bicyclic) bond motifs is 3. The summed E-state index contributed by atoms with van der Waals surface area (Å²) in [7, 11) is 0. The van der Waals surface area contributed by atoms with E-state index in [0.717, 1.165) is 54.8 Å². The van der Waals surface area contributed by atoms with Crippen LogP contribution >= 0.6 is 11.3 Å². The van der Waals surface area contributed by atoms with Gasteiger partial charge in [-0.3, -0.25) is 10.1 Å². The van der Waals surface area contributed by atoms with E-state index < -0.39 is 0 Å². The summed E-state index contributed by atoms with van der Waals surface area (Å²) in [4.78, 5) is 27.4. The van der Waals surface area contributed by atoms with Gasteiger partial charge in [-0.2, -0.15) is 0 Å². The number of aryl methyl sites for hydroxylation is 3. The van der Waals surface area contributed by atoms with E-state index in [-0.39, 0.29) is 10.6 Å². The molecule has 1 fully saturated rings. The first-order valence-electron chi connectivity index (χ1n) is 10.1. The highest BCUT2D eigenvalue weighted by molar-refractivity contribution is 7.19. The Hall–Kier alpha value is -2.74. The molecule has 29 heavy (non-hydrogen) atoms. The van der Waals surface area contributed by atoms with E-state index in [1.807, 2.05) is 30.4 Å². The van der Waals surface area contributed by atoms with Crippen molar-refractivity contribution in [1.82, 2.24) is 9.97 Å². The van der Waals surface area contributed by atoms with Crippen LogP contribution in [0.25, 0.3) is 10.2 Å². The molecule has 3 heterocycles. The summed E-state index contributed by atoms with van der Waals surface area (Å²) in [6.07, 6.45) is 4.83. The van der Waals surface area contributed by atoms with Crippen molar-refractivity contribution in [2.75, 3.05) is 36.0 Å². The minimum absolute atomic E-state index is 0.133. The third-order valence-corrected chi connectivity index (χ3v) is 7.10. The smallest absolute Gasteiger partial charge is 0.269 e. The molecule has 1 aliphatic carbocycles. The molecule has 1 saturated heterocycles. The van der Waals surface area contributed by atoms with Crippen LogP contribution in [0.2, 0.25) is 0 Å². The molecule has 8 heteroatoms. The van der Waals surface area contributed by atoms with E-state index in [4.69, 9.17) is 9.97 Å². The number of nitrogens with zero attached hydrogens (tertiary/aromatic N) is 5. The highest BCUT2D eigenvalue weighted by Gasteiger charge is 2.26. The largest absolute Gasteiger partial charge is 0.368 e. The summed E-state index contributed by atoms with van der Waals surface area (Å²) in [6, 6.07) is 6.85. The normalized spacial score (nSPS) is 16.9. The fourth-order valence-corrected chi connectivity index (χ4v) is 5.73. The summed E-state index contributed by atoms with van der Waals surface area (Å²) in [6.45, 7) is 5.48. The Morgan fingerprint density at radius 1 is 1.00 bits per heavy atom.